The van der Waals surface area contributed by atoms with Crippen LogP contribution in [-0.2, 0) is 14.4 Å². The van der Waals surface area contributed by atoms with Crippen molar-refractivity contribution in [1.82, 2.24) is 5.32 Å². The lowest BCUT2D eigenvalue weighted by Gasteiger charge is -2.12. The fourth-order valence-corrected chi connectivity index (χ4v) is 1.97. The Bertz CT molecular complexity index is 311. The number of hydrogen-bond donors (Lipinski definition) is 3. The SMILES string of the molecule is O=C(O)C1(C(=O)O)SC(=S)NC1=O. The molecule has 6 nitrogen and oxygen atoms in total. The molecule has 0 aromatic heterocycles. The Hall–Kier alpha value is -1.15. The van der Waals surface area contributed by atoms with Gasteiger partial charge in [0, 0.05) is 0 Å². The van der Waals surface area contributed by atoms with Gasteiger partial charge in [-0.15, -0.1) is 0 Å². The van der Waals surface area contributed by atoms with Crippen LogP contribution in [0.25, 0.3) is 0 Å². The van der Waals surface area contributed by atoms with Crippen molar-refractivity contribution < 1.29 is 24.6 Å². The van der Waals surface area contributed by atoms with E-state index in [1.807, 2.05) is 5.32 Å². The van der Waals surface area contributed by atoms with Crippen molar-refractivity contribution in [3.63, 3.8) is 0 Å². The van der Waals surface area contributed by atoms with E-state index in [-0.39, 0.29) is 4.32 Å². The normalized spacial score (nSPS) is 19.7. The van der Waals surface area contributed by atoms with E-state index in [9.17, 15) is 14.4 Å². The highest BCUT2D eigenvalue weighted by Crippen LogP contribution is 2.32. The molecule has 1 aliphatic rings. The number of carboxylic acids is 2. The van der Waals surface area contributed by atoms with Crippen LogP contribution in [0.15, 0.2) is 0 Å². The van der Waals surface area contributed by atoms with Gasteiger partial charge < -0.3 is 15.5 Å². The number of amides is 1. The molecule has 0 saturated carbocycles. The summed E-state index contributed by atoms with van der Waals surface area (Å²) < 4.78 is -2.66. The van der Waals surface area contributed by atoms with Gasteiger partial charge in [0.1, 0.15) is 4.32 Å². The Balaban J connectivity index is 3.20. The first-order chi connectivity index (χ1) is 5.91. The zero-order valence-electron chi connectivity index (χ0n) is 5.94. The van der Waals surface area contributed by atoms with Crippen molar-refractivity contribution in [2.75, 3.05) is 0 Å². The largest absolute Gasteiger partial charge is 0.479 e. The van der Waals surface area contributed by atoms with Crippen molar-refractivity contribution in [2.45, 2.75) is 4.75 Å². The van der Waals surface area contributed by atoms with Crippen molar-refractivity contribution >= 4 is 46.1 Å². The summed E-state index contributed by atoms with van der Waals surface area (Å²) in [7, 11) is 0. The molecule has 0 aromatic rings. The standard InChI is InChI=1S/C5H3NO5S2/c7-1-5(2(8)9,3(10)11)13-4(12)6-1/h(H,8,9)(H,10,11)(H,6,7,12). The van der Waals surface area contributed by atoms with Crippen LogP contribution < -0.4 is 5.32 Å². The van der Waals surface area contributed by atoms with E-state index in [1.165, 1.54) is 0 Å². The van der Waals surface area contributed by atoms with Gasteiger partial charge in [-0.3, -0.25) is 4.79 Å². The average Bonchev–Trinajstić information content (AvgIpc) is 2.26. The molecule has 0 aromatic carbocycles. The monoisotopic (exact) mass is 221 g/mol. The maximum Gasteiger partial charge on any atom is 0.341 e. The molecule has 0 aliphatic carbocycles. The van der Waals surface area contributed by atoms with Crippen LogP contribution in [0.5, 0.6) is 0 Å². The zero-order valence-corrected chi connectivity index (χ0v) is 7.57. The molecule has 0 unspecified atom stereocenters. The minimum atomic E-state index is -2.52. The maximum atomic E-state index is 11.0. The Morgan fingerprint density at radius 2 is 1.85 bits per heavy atom. The minimum absolute atomic E-state index is 0.144. The Morgan fingerprint density at radius 1 is 1.38 bits per heavy atom. The molecule has 8 heteroatoms. The lowest BCUT2D eigenvalue weighted by atomic mass is 10.1. The molecule has 0 spiro atoms. The second-order valence-corrected chi connectivity index (χ2v) is 4.03. The third kappa shape index (κ3) is 1.27. The molecule has 1 saturated heterocycles. The van der Waals surface area contributed by atoms with Gasteiger partial charge in [0.05, 0.1) is 0 Å². The fraction of sp³-hybridized carbons (Fsp3) is 0.200. The summed E-state index contributed by atoms with van der Waals surface area (Å²) in [6.07, 6.45) is 0. The van der Waals surface area contributed by atoms with E-state index in [1.54, 1.807) is 0 Å². The van der Waals surface area contributed by atoms with Crippen LogP contribution in [0, 0.1) is 0 Å². The molecule has 0 radical (unpaired) electrons. The summed E-state index contributed by atoms with van der Waals surface area (Å²) in [5, 5.41) is 19.2. The third-order valence-electron chi connectivity index (χ3n) is 1.38. The van der Waals surface area contributed by atoms with E-state index < -0.39 is 22.6 Å². The van der Waals surface area contributed by atoms with Crippen molar-refractivity contribution in [1.29, 1.82) is 0 Å². The molecular weight excluding hydrogens is 218 g/mol. The molecule has 13 heavy (non-hydrogen) atoms. The van der Waals surface area contributed by atoms with Crippen molar-refractivity contribution in [2.24, 2.45) is 0 Å². The van der Waals surface area contributed by atoms with E-state index in [2.05, 4.69) is 12.2 Å². The van der Waals surface area contributed by atoms with Gasteiger partial charge in [-0.05, 0) is 0 Å². The van der Waals surface area contributed by atoms with Gasteiger partial charge in [0.15, 0.2) is 0 Å². The predicted molar refractivity (Wildman–Crippen MR) is 46.3 cm³/mol. The van der Waals surface area contributed by atoms with Gasteiger partial charge in [-0.1, -0.05) is 24.0 Å². The number of carbonyl (C=O) groups is 3. The average molecular weight is 221 g/mol. The highest BCUT2D eigenvalue weighted by Gasteiger charge is 2.60. The molecule has 1 heterocycles. The number of aliphatic carboxylic acids is 2. The molecular formula is C5H3NO5S2. The lowest BCUT2D eigenvalue weighted by Crippen LogP contribution is -2.50. The van der Waals surface area contributed by atoms with Crippen LogP contribution in [0.3, 0.4) is 0 Å². The second-order valence-electron chi connectivity index (χ2n) is 2.14. The molecule has 3 N–H and O–H groups in total. The lowest BCUT2D eigenvalue weighted by molar-refractivity contribution is -0.154. The first-order valence-corrected chi connectivity index (χ1v) is 4.15. The third-order valence-corrected chi connectivity index (χ3v) is 2.86. The molecule has 0 atom stereocenters. The predicted octanol–water partition coefficient (Wildman–Crippen LogP) is -0.958. The zero-order chi connectivity index (χ0) is 10.2. The van der Waals surface area contributed by atoms with E-state index >= 15 is 0 Å². The summed E-state index contributed by atoms with van der Waals surface area (Å²) in [5.41, 5.74) is 0. The number of nitrogens with one attached hydrogen (secondary N) is 1. The number of carbonyl (C=O) groups excluding carboxylic acids is 1. The summed E-state index contributed by atoms with van der Waals surface area (Å²) in [6.45, 7) is 0. The Labute approximate surface area is 81.3 Å². The maximum absolute atomic E-state index is 11.0. The molecule has 1 aliphatic heterocycles. The molecule has 0 bridgehead atoms. The number of rotatable bonds is 2. The summed E-state index contributed by atoms with van der Waals surface area (Å²) in [4.78, 5) is 32.2. The van der Waals surface area contributed by atoms with Gasteiger partial charge in [-0.2, -0.15) is 0 Å². The Kier molecular flexibility index (Phi) is 2.26. The van der Waals surface area contributed by atoms with E-state index in [0.29, 0.717) is 11.8 Å². The topological polar surface area (TPSA) is 104 Å². The van der Waals surface area contributed by atoms with Gasteiger partial charge in [0.25, 0.3) is 10.7 Å². The first-order valence-electron chi connectivity index (χ1n) is 2.92. The van der Waals surface area contributed by atoms with Gasteiger partial charge in [-0.25, -0.2) is 9.59 Å². The smallest absolute Gasteiger partial charge is 0.341 e. The molecule has 1 fully saturated rings. The summed E-state index contributed by atoms with van der Waals surface area (Å²) >= 11 is 4.80. The van der Waals surface area contributed by atoms with Gasteiger partial charge in [0.2, 0.25) is 0 Å². The number of hydrogen-bond acceptors (Lipinski definition) is 5. The fourth-order valence-electron chi connectivity index (χ4n) is 0.765. The van der Waals surface area contributed by atoms with Crippen molar-refractivity contribution in [3.8, 4) is 0 Å². The molecule has 70 valence electrons. The van der Waals surface area contributed by atoms with Crippen LogP contribution in [-0.4, -0.2) is 37.1 Å². The number of carboxylic acid groups (broad SMARTS) is 2. The van der Waals surface area contributed by atoms with Gasteiger partial charge >= 0.3 is 11.9 Å². The second kappa shape index (κ2) is 2.96. The van der Waals surface area contributed by atoms with E-state index in [0.717, 1.165) is 0 Å². The summed E-state index contributed by atoms with van der Waals surface area (Å²) in [6, 6.07) is 0. The molecule has 1 amide bonds. The van der Waals surface area contributed by atoms with Crippen LogP contribution >= 0.6 is 24.0 Å². The highest BCUT2D eigenvalue weighted by atomic mass is 32.2. The Morgan fingerprint density at radius 3 is 2.00 bits per heavy atom. The van der Waals surface area contributed by atoms with Crippen LogP contribution in [0.4, 0.5) is 0 Å². The van der Waals surface area contributed by atoms with Crippen LogP contribution in [0.2, 0.25) is 0 Å². The first kappa shape index (κ1) is 9.93. The molecule has 1 rings (SSSR count). The van der Waals surface area contributed by atoms with Crippen molar-refractivity contribution in [3.05, 3.63) is 0 Å². The van der Waals surface area contributed by atoms with E-state index in [4.69, 9.17) is 10.2 Å². The van der Waals surface area contributed by atoms with Crippen LogP contribution in [0.1, 0.15) is 0 Å². The quantitative estimate of drug-likeness (QED) is 0.407. The number of thioether (sulfide) groups is 1. The number of thiocarbonyl (C=S) groups is 1. The highest BCUT2D eigenvalue weighted by molar-refractivity contribution is 8.26. The minimum Gasteiger partial charge on any atom is -0.479 e. The summed E-state index contributed by atoms with van der Waals surface area (Å²) in [5.74, 6) is -4.59.